The number of carbonyl (C=O) groups excluding carboxylic acids is 2. The smallest absolute Gasteiger partial charge is 0.303 e. The molecule has 1 heterocycles. The summed E-state index contributed by atoms with van der Waals surface area (Å²) in [6, 6.07) is 4.36. The molecule has 0 aliphatic heterocycles. The highest BCUT2D eigenvalue weighted by Gasteiger charge is 2.34. The number of benzene rings is 1. The number of terminal acetylenes is 1. The van der Waals surface area contributed by atoms with Crippen LogP contribution in [0.25, 0.3) is 0 Å². The Morgan fingerprint density at radius 2 is 2.22 bits per heavy atom. The molecule has 1 aromatic heterocycles. The quantitative estimate of drug-likeness (QED) is 0.715. The Morgan fingerprint density at radius 1 is 1.48 bits per heavy atom. The molecular weight excluding hydrogens is 391 g/mol. The molecule has 2 amide bonds. The van der Waals surface area contributed by atoms with Crippen molar-refractivity contribution >= 4 is 40.4 Å². The number of thiophene rings is 1. The van der Waals surface area contributed by atoms with E-state index in [0.717, 1.165) is 23.8 Å². The predicted molar refractivity (Wildman–Crippen MR) is 102 cm³/mol. The maximum Gasteiger partial charge on any atom is 0.303 e. The van der Waals surface area contributed by atoms with Crippen molar-refractivity contribution < 1.29 is 18.7 Å². The van der Waals surface area contributed by atoms with Crippen molar-refractivity contribution in [1.82, 2.24) is 0 Å². The lowest BCUT2D eigenvalue weighted by atomic mass is 10.1. The summed E-state index contributed by atoms with van der Waals surface area (Å²) in [4.78, 5) is 25.7. The van der Waals surface area contributed by atoms with E-state index in [1.807, 2.05) is 5.92 Å². The van der Waals surface area contributed by atoms with Crippen LogP contribution < -0.4 is 15.4 Å². The molecule has 1 aromatic carbocycles. The van der Waals surface area contributed by atoms with Gasteiger partial charge >= 0.3 is 5.91 Å². The molecule has 1 aliphatic carbocycles. The number of primary amides is 1. The highest BCUT2D eigenvalue weighted by atomic mass is 35.5. The maximum absolute atomic E-state index is 14.8. The molecule has 0 saturated heterocycles. The molecule has 2 aromatic rings. The first-order chi connectivity index (χ1) is 12.9. The van der Waals surface area contributed by atoms with E-state index in [-0.39, 0.29) is 16.5 Å². The van der Waals surface area contributed by atoms with Crippen LogP contribution in [0.5, 0.6) is 5.75 Å². The largest absolute Gasteiger partial charge is 0.492 e. The molecule has 0 bridgehead atoms. The van der Waals surface area contributed by atoms with E-state index < -0.39 is 23.7 Å². The van der Waals surface area contributed by atoms with Crippen LogP contribution in [0.2, 0.25) is 5.02 Å². The fraction of sp³-hybridized carbons (Fsp3) is 0.263. The summed E-state index contributed by atoms with van der Waals surface area (Å²) in [5.74, 6) is -0.00137. The van der Waals surface area contributed by atoms with E-state index in [4.69, 9.17) is 28.5 Å². The third-order valence-corrected chi connectivity index (χ3v) is 5.34. The van der Waals surface area contributed by atoms with Gasteiger partial charge in [-0.25, -0.2) is 4.39 Å². The summed E-state index contributed by atoms with van der Waals surface area (Å²) in [6.45, 7) is 0.449. The first-order valence-electron chi connectivity index (χ1n) is 8.16. The van der Waals surface area contributed by atoms with Gasteiger partial charge in [0, 0.05) is 10.9 Å². The predicted octanol–water partition coefficient (Wildman–Crippen LogP) is 3.52. The molecule has 1 fully saturated rings. The molecule has 1 saturated carbocycles. The van der Waals surface area contributed by atoms with Gasteiger partial charge in [-0.05, 0) is 42.2 Å². The van der Waals surface area contributed by atoms with Crippen LogP contribution >= 0.6 is 22.9 Å². The Labute approximate surface area is 164 Å². The Kier molecular flexibility index (Phi) is 5.68. The Hall–Kier alpha value is -2.56. The normalized spacial score (nSPS) is 14.3. The van der Waals surface area contributed by atoms with Crippen LogP contribution in [-0.4, -0.2) is 18.4 Å². The summed E-state index contributed by atoms with van der Waals surface area (Å²) in [7, 11) is 0. The van der Waals surface area contributed by atoms with Crippen LogP contribution in [0.15, 0.2) is 29.6 Å². The molecule has 1 atom stereocenters. The minimum atomic E-state index is -1.25. The lowest BCUT2D eigenvalue weighted by Gasteiger charge is -2.28. The number of ether oxygens (including phenoxy) is 1. The third-order valence-electron chi connectivity index (χ3n) is 4.11. The fourth-order valence-corrected chi connectivity index (χ4v) is 3.62. The molecule has 8 heteroatoms. The summed E-state index contributed by atoms with van der Waals surface area (Å²) in [5, 5.41) is 1.82. The maximum atomic E-state index is 14.8. The van der Waals surface area contributed by atoms with Gasteiger partial charge in [-0.1, -0.05) is 17.7 Å². The van der Waals surface area contributed by atoms with E-state index in [1.54, 1.807) is 17.5 Å². The molecular formula is C19H16ClFN2O3S. The average Bonchev–Trinajstić information content (AvgIpc) is 3.31. The van der Waals surface area contributed by atoms with Gasteiger partial charge in [0.15, 0.2) is 11.9 Å². The SMILES string of the molecule is C#CC(=O)N(c1cc(Cl)c(OCC2CC2)cc1F)C(C(N)=O)c1cccs1. The first-order valence-corrected chi connectivity index (χ1v) is 9.42. The average molecular weight is 407 g/mol. The zero-order valence-corrected chi connectivity index (χ0v) is 15.7. The number of carbonyl (C=O) groups is 2. The van der Waals surface area contributed by atoms with Crippen molar-refractivity contribution in [3.05, 3.63) is 45.4 Å². The van der Waals surface area contributed by atoms with Crippen molar-refractivity contribution in [3.8, 4) is 18.1 Å². The van der Waals surface area contributed by atoms with Gasteiger partial charge in [0.25, 0.3) is 0 Å². The fourth-order valence-electron chi connectivity index (χ4n) is 2.58. The molecule has 27 heavy (non-hydrogen) atoms. The number of amides is 2. The molecule has 0 radical (unpaired) electrons. The van der Waals surface area contributed by atoms with Gasteiger partial charge in [-0.15, -0.1) is 17.8 Å². The van der Waals surface area contributed by atoms with Crippen molar-refractivity contribution in [2.75, 3.05) is 11.5 Å². The van der Waals surface area contributed by atoms with Gasteiger partial charge in [0.2, 0.25) is 5.91 Å². The molecule has 1 aliphatic rings. The highest BCUT2D eigenvalue weighted by molar-refractivity contribution is 7.10. The van der Waals surface area contributed by atoms with Crippen LogP contribution in [0.4, 0.5) is 10.1 Å². The van der Waals surface area contributed by atoms with Crippen LogP contribution in [-0.2, 0) is 9.59 Å². The standard InChI is InChI=1S/C19H16ClFN2O3S/c1-2-17(24)23(18(19(22)25)16-4-3-7-27-16)14-8-12(20)15(9-13(14)21)26-10-11-5-6-11/h1,3-4,7-9,11,18H,5-6,10H2,(H2,22,25). The van der Waals surface area contributed by atoms with Gasteiger partial charge in [0.1, 0.15) is 5.75 Å². The minimum absolute atomic E-state index is 0.108. The van der Waals surface area contributed by atoms with Gasteiger partial charge in [-0.2, -0.15) is 0 Å². The molecule has 5 nitrogen and oxygen atoms in total. The van der Waals surface area contributed by atoms with E-state index in [0.29, 0.717) is 17.4 Å². The Balaban J connectivity index is 2.02. The summed E-state index contributed by atoms with van der Waals surface area (Å²) >= 11 is 7.41. The topological polar surface area (TPSA) is 72.6 Å². The lowest BCUT2D eigenvalue weighted by molar-refractivity contribution is -0.122. The number of nitrogens with two attached hydrogens (primary N) is 1. The number of halogens is 2. The summed E-state index contributed by atoms with van der Waals surface area (Å²) in [5.41, 5.74) is 5.25. The van der Waals surface area contributed by atoms with E-state index in [1.165, 1.54) is 17.4 Å². The zero-order valence-electron chi connectivity index (χ0n) is 14.2. The van der Waals surface area contributed by atoms with Crippen molar-refractivity contribution in [2.45, 2.75) is 18.9 Å². The number of hydrogen-bond donors (Lipinski definition) is 1. The number of nitrogens with zero attached hydrogens (tertiary/aromatic N) is 1. The summed E-state index contributed by atoms with van der Waals surface area (Å²) < 4.78 is 20.4. The van der Waals surface area contributed by atoms with Crippen molar-refractivity contribution in [3.63, 3.8) is 0 Å². The van der Waals surface area contributed by atoms with Gasteiger partial charge in [-0.3, -0.25) is 14.5 Å². The highest BCUT2D eigenvalue weighted by Crippen LogP contribution is 2.38. The van der Waals surface area contributed by atoms with E-state index in [2.05, 4.69) is 0 Å². The zero-order chi connectivity index (χ0) is 19.6. The second-order valence-electron chi connectivity index (χ2n) is 6.13. The van der Waals surface area contributed by atoms with E-state index in [9.17, 15) is 14.0 Å². The molecule has 1 unspecified atom stereocenters. The van der Waals surface area contributed by atoms with Crippen molar-refractivity contribution in [2.24, 2.45) is 11.7 Å². The van der Waals surface area contributed by atoms with Gasteiger partial charge in [0.05, 0.1) is 17.3 Å². The van der Waals surface area contributed by atoms with Crippen LogP contribution in [0, 0.1) is 24.1 Å². The second kappa shape index (κ2) is 7.99. The molecule has 0 spiro atoms. The Bertz CT molecular complexity index is 906. The summed E-state index contributed by atoms with van der Waals surface area (Å²) in [6.07, 6.45) is 7.38. The Morgan fingerprint density at radius 3 is 2.78 bits per heavy atom. The third kappa shape index (κ3) is 4.24. The van der Waals surface area contributed by atoms with E-state index >= 15 is 0 Å². The molecule has 140 valence electrons. The number of anilines is 1. The van der Waals surface area contributed by atoms with Gasteiger partial charge < -0.3 is 10.5 Å². The van der Waals surface area contributed by atoms with Crippen LogP contribution in [0.3, 0.4) is 0 Å². The molecule has 3 rings (SSSR count). The monoisotopic (exact) mass is 406 g/mol. The number of hydrogen-bond acceptors (Lipinski definition) is 4. The molecule has 2 N–H and O–H groups in total. The lowest BCUT2D eigenvalue weighted by Crippen LogP contribution is -2.41. The first kappa shape index (κ1) is 19.2. The van der Waals surface area contributed by atoms with Crippen molar-refractivity contribution in [1.29, 1.82) is 0 Å². The minimum Gasteiger partial charge on any atom is -0.492 e. The van der Waals surface area contributed by atoms with Crippen LogP contribution in [0.1, 0.15) is 23.8 Å². The second-order valence-corrected chi connectivity index (χ2v) is 7.51. The number of rotatable bonds is 7.